The molecule has 0 atom stereocenters. The first-order valence-electron chi connectivity index (χ1n) is 11.2. The summed E-state index contributed by atoms with van der Waals surface area (Å²) >= 11 is 6.27. The maximum atomic E-state index is 13.8. The van der Waals surface area contributed by atoms with Crippen molar-refractivity contribution in [3.63, 3.8) is 0 Å². The lowest BCUT2D eigenvalue weighted by molar-refractivity contribution is -0.384. The highest BCUT2D eigenvalue weighted by Crippen LogP contribution is 2.32. The number of nitrogens with zero attached hydrogens (tertiary/aromatic N) is 3. The number of anilines is 1. The van der Waals surface area contributed by atoms with Gasteiger partial charge in [0.2, 0.25) is 0 Å². The molecular formula is C25H25ClFN3O4S. The van der Waals surface area contributed by atoms with Crippen molar-refractivity contribution in [2.45, 2.75) is 37.2 Å². The number of aryl methyl sites for hydroxylation is 1. The number of non-ortho nitro benzene ring substituents is 1. The molecule has 7 nitrogen and oxygen atoms in total. The van der Waals surface area contributed by atoms with Crippen LogP contribution in [0, 0.1) is 22.9 Å². The normalized spacial score (nSPS) is 15.2. The second-order valence-corrected chi connectivity index (χ2v) is 10.8. The van der Waals surface area contributed by atoms with Crippen molar-refractivity contribution in [3.8, 4) is 0 Å². The van der Waals surface area contributed by atoms with Gasteiger partial charge in [-0.15, -0.1) is 0 Å². The van der Waals surface area contributed by atoms with E-state index in [0.717, 1.165) is 0 Å². The molecule has 4 rings (SSSR count). The Morgan fingerprint density at radius 2 is 1.74 bits per heavy atom. The number of hydrogen-bond acceptors (Lipinski definition) is 5. The van der Waals surface area contributed by atoms with Crippen LogP contribution >= 0.6 is 11.6 Å². The Labute approximate surface area is 208 Å². The molecule has 10 heteroatoms. The molecule has 0 amide bonds. The van der Waals surface area contributed by atoms with Crippen LogP contribution in [-0.4, -0.2) is 37.4 Å². The molecule has 1 aliphatic rings. The molecule has 0 unspecified atom stereocenters. The summed E-state index contributed by atoms with van der Waals surface area (Å²) in [5.74, 6) is -0.439. The molecule has 184 valence electrons. The van der Waals surface area contributed by atoms with Crippen LogP contribution < -0.4 is 4.31 Å². The quantitative estimate of drug-likeness (QED) is 0.303. The van der Waals surface area contributed by atoms with Gasteiger partial charge in [0.1, 0.15) is 5.82 Å². The molecule has 3 aromatic carbocycles. The van der Waals surface area contributed by atoms with Gasteiger partial charge >= 0.3 is 0 Å². The number of nitro groups is 1. The highest BCUT2D eigenvalue weighted by atomic mass is 35.5. The third kappa shape index (κ3) is 5.47. The third-order valence-corrected chi connectivity index (χ3v) is 8.64. The topological polar surface area (TPSA) is 83.8 Å². The predicted octanol–water partition coefficient (Wildman–Crippen LogP) is 5.56. The van der Waals surface area contributed by atoms with Gasteiger partial charge in [-0.25, -0.2) is 12.8 Å². The van der Waals surface area contributed by atoms with E-state index in [1.165, 1.54) is 46.8 Å². The fourth-order valence-electron chi connectivity index (χ4n) is 4.43. The summed E-state index contributed by atoms with van der Waals surface area (Å²) < 4.78 is 42.6. The van der Waals surface area contributed by atoms with Gasteiger partial charge in [-0.2, -0.15) is 0 Å². The summed E-state index contributed by atoms with van der Waals surface area (Å²) in [5.41, 5.74) is 1.68. The molecular weight excluding hydrogens is 493 g/mol. The minimum absolute atomic E-state index is 0.0221. The number of rotatable bonds is 7. The van der Waals surface area contributed by atoms with Gasteiger partial charge in [-0.3, -0.25) is 19.3 Å². The number of piperidine rings is 1. The van der Waals surface area contributed by atoms with Crippen molar-refractivity contribution in [1.29, 1.82) is 0 Å². The van der Waals surface area contributed by atoms with Crippen LogP contribution in [0.2, 0.25) is 5.02 Å². The maximum absolute atomic E-state index is 13.8. The lowest BCUT2D eigenvalue weighted by Gasteiger charge is -2.39. The third-order valence-electron chi connectivity index (χ3n) is 6.23. The van der Waals surface area contributed by atoms with Crippen molar-refractivity contribution in [3.05, 3.63) is 98.8 Å². The number of nitro benzene ring substituents is 1. The predicted molar refractivity (Wildman–Crippen MR) is 134 cm³/mol. The Morgan fingerprint density at radius 3 is 2.37 bits per heavy atom. The summed E-state index contributed by atoms with van der Waals surface area (Å²) in [7, 11) is -3.90. The smallest absolute Gasteiger partial charge is 0.269 e. The van der Waals surface area contributed by atoms with E-state index in [1.54, 1.807) is 31.2 Å². The first kappa shape index (κ1) is 25.1. The van der Waals surface area contributed by atoms with E-state index in [1.807, 2.05) is 0 Å². The van der Waals surface area contributed by atoms with Gasteiger partial charge < -0.3 is 0 Å². The van der Waals surface area contributed by atoms with Crippen LogP contribution in [0.4, 0.5) is 15.8 Å². The van der Waals surface area contributed by atoms with Crippen LogP contribution in [0.25, 0.3) is 0 Å². The van der Waals surface area contributed by atoms with Crippen LogP contribution in [0.15, 0.2) is 71.6 Å². The number of halogens is 2. The zero-order valence-electron chi connectivity index (χ0n) is 19.1. The fourth-order valence-corrected chi connectivity index (χ4v) is 6.55. The van der Waals surface area contributed by atoms with Crippen molar-refractivity contribution in [1.82, 2.24) is 4.90 Å². The van der Waals surface area contributed by atoms with Crippen LogP contribution in [0.3, 0.4) is 0 Å². The summed E-state index contributed by atoms with van der Waals surface area (Å²) in [5, 5.41) is 11.6. The SMILES string of the molecule is Cc1ccccc1S(=O)(=O)N(c1ccc(F)cc1)C1CCN(Cc2cc([N+](=O)[O-])ccc2Cl)CC1. The average molecular weight is 518 g/mol. The first-order chi connectivity index (χ1) is 16.7. The Kier molecular flexibility index (Phi) is 7.39. The molecule has 0 spiro atoms. The lowest BCUT2D eigenvalue weighted by atomic mass is 10.0. The highest BCUT2D eigenvalue weighted by molar-refractivity contribution is 7.93. The molecule has 3 aromatic rings. The standard InChI is InChI=1S/C25H25ClFN3O4S/c1-18-4-2-3-5-25(18)35(33,34)29(21-8-6-20(27)7-9-21)22-12-14-28(15-13-22)17-19-16-23(30(31)32)10-11-24(19)26/h2-11,16,22H,12-15,17H2,1H3. The van der Waals surface area contributed by atoms with Crippen LogP contribution in [-0.2, 0) is 16.6 Å². The van der Waals surface area contributed by atoms with E-state index in [4.69, 9.17) is 11.6 Å². The number of hydrogen-bond donors (Lipinski definition) is 0. The second-order valence-electron chi connectivity index (χ2n) is 8.58. The lowest BCUT2D eigenvalue weighted by Crippen LogP contribution is -2.47. The first-order valence-corrected chi connectivity index (χ1v) is 13.0. The molecule has 0 aliphatic carbocycles. The van der Waals surface area contributed by atoms with E-state index >= 15 is 0 Å². The van der Waals surface area contributed by atoms with Gasteiger partial charge in [0.25, 0.3) is 15.7 Å². The molecule has 1 fully saturated rings. The van der Waals surface area contributed by atoms with Gasteiger partial charge in [-0.05, 0) is 67.3 Å². The molecule has 0 bridgehead atoms. The van der Waals surface area contributed by atoms with Crippen LogP contribution in [0.5, 0.6) is 0 Å². The minimum atomic E-state index is -3.90. The van der Waals surface area contributed by atoms with Crippen molar-refractivity contribution in [2.24, 2.45) is 0 Å². The Balaban J connectivity index is 1.58. The van der Waals surface area contributed by atoms with Gasteiger partial charge in [0.05, 0.1) is 15.5 Å². The van der Waals surface area contributed by atoms with E-state index in [-0.39, 0.29) is 16.6 Å². The van der Waals surface area contributed by atoms with Gasteiger partial charge in [0.15, 0.2) is 0 Å². The Morgan fingerprint density at radius 1 is 1.09 bits per heavy atom. The van der Waals surface area contributed by atoms with E-state index < -0.39 is 20.8 Å². The second kappa shape index (κ2) is 10.3. The molecule has 1 saturated heterocycles. The summed E-state index contributed by atoms with van der Waals surface area (Å²) in [6, 6.07) is 16.3. The van der Waals surface area contributed by atoms with E-state index in [9.17, 15) is 22.9 Å². The molecule has 0 saturated carbocycles. The summed E-state index contributed by atoms with van der Waals surface area (Å²) in [6.07, 6.45) is 1.07. The number of benzene rings is 3. The molecule has 0 N–H and O–H groups in total. The Hall–Kier alpha value is -3.01. The monoisotopic (exact) mass is 517 g/mol. The zero-order chi connectivity index (χ0) is 25.2. The molecule has 0 aromatic heterocycles. The fraction of sp³-hybridized carbons (Fsp3) is 0.280. The average Bonchev–Trinajstić information content (AvgIpc) is 2.83. The van der Waals surface area contributed by atoms with Gasteiger partial charge in [-0.1, -0.05) is 29.8 Å². The molecule has 1 aliphatic heterocycles. The van der Waals surface area contributed by atoms with Crippen molar-refractivity contribution >= 4 is 33.0 Å². The zero-order valence-corrected chi connectivity index (χ0v) is 20.7. The largest absolute Gasteiger partial charge is 0.299 e. The summed E-state index contributed by atoms with van der Waals surface area (Å²) in [6.45, 7) is 3.32. The molecule has 0 radical (unpaired) electrons. The number of likely N-dealkylation sites (tertiary alicyclic amines) is 1. The van der Waals surface area contributed by atoms with Gasteiger partial charge in [0, 0.05) is 42.8 Å². The maximum Gasteiger partial charge on any atom is 0.269 e. The molecule has 1 heterocycles. The Bertz CT molecular complexity index is 1330. The molecule has 35 heavy (non-hydrogen) atoms. The van der Waals surface area contributed by atoms with Crippen molar-refractivity contribution < 1.29 is 17.7 Å². The summed E-state index contributed by atoms with van der Waals surface area (Å²) in [4.78, 5) is 13.0. The van der Waals surface area contributed by atoms with Crippen LogP contribution in [0.1, 0.15) is 24.0 Å². The van der Waals surface area contributed by atoms with E-state index in [2.05, 4.69) is 4.90 Å². The number of sulfonamides is 1. The van der Waals surface area contributed by atoms with Crippen molar-refractivity contribution in [2.75, 3.05) is 17.4 Å². The van der Waals surface area contributed by atoms with E-state index in [0.29, 0.717) is 54.3 Å². The minimum Gasteiger partial charge on any atom is -0.299 e. The highest BCUT2D eigenvalue weighted by Gasteiger charge is 2.35.